The molecule has 0 bridgehead atoms. The highest BCUT2D eigenvalue weighted by molar-refractivity contribution is 7.97. The van der Waals surface area contributed by atoms with E-state index in [1.807, 2.05) is 11.9 Å². The molecule has 2 N–H and O–H groups in total. The first-order valence-corrected chi connectivity index (χ1v) is 11.3. The minimum absolute atomic E-state index is 0.366. The molecule has 0 unspecified atom stereocenters. The Morgan fingerprint density at radius 1 is 0.893 bits per heavy atom. The smallest absolute Gasteiger partial charge is 0.253 e. The zero-order valence-electron chi connectivity index (χ0n) is 16.4. The molecular formula is C21H30N4O2S. The molecule has 0 saturated carbocycles. The number of unbranched alkanes of at least 4 members (excludes halogenated alkanes) is 3. The number of pyridine rings is 1. The van der Waals surface area contributed by atoms with E-state index >= 15 is 0 Å². The maximum Gasteiger partial charge on any atom is 0.253 e. The van der Waals surface area contributed by atoms with E-state index < -0.39 is 10.9 Å². The molecule has 7 heteroatoms. The van der Waals surface area contributed by atoms with Crippen molar-refractivity contribution in [3.8, 4) is 0 Å². The molecule has 1 aliphatic rings. The second kappa shape index (κ2) is 11.2. The second-order valence-corrected chi connectivity index (χ2v) is 8.47. The zero-order chi connectivity index (χ0) is 19.6. The van der Waals surface area contributed by atoms with Crippen LogP contribution in [0.3, 0.4) is 0 Å². The summed E-state index contributed by atoms with van der Waals surface area (Å²) in [5.41, 5.74) is 0.658. The molecule has 1 aromatic carbocycles. The van der Waals surface area contributed by atoms with E-state index in [-0.39, 0.29) is 0 Å². The van der Waals surface area contributed by atoms with Gasteiger partial charge in [-0.2, -0.15) is 0 Å². The summed E-state index contributed by atoms with van der Waals surface area (Å²) in [6, 6.07) is 3.54. The molecular weight excluding hydrogens is 372 g/mol. The first-order chi connectivity index (χ1) is 13.8. The van der Waals surface area contributed by atoms with Gasteiger partial charge in [0, 0.05) is 43.5 Å². The normalized spacial score (nSPS) is 15.4. The molecule has 0 aliphatic carbocycles. The van der Waals surface area contributed by atoms with Crippen molar-refractivity contribution < 1.29 is 0 Å². The summed E-state index contributed by atoms with van der Waals surface area (Å²) in [7, 11) is 0. The summed E-state index contributed by atoms with van der Waals surface area (Å²) < 4.78 is 2.54. The van der Waals surface area contributed by atoms with E-state index in [1.165, 1.54) is 57.4 Å². The van der Waals surface area contributed by atoms with E-state index in [0.717, 1.165) is 25.1 Å². The molecule has 1 fully saturated rings. The molecule has 0 amide bonds. The minimum Gasteiger partial charge on any atom is -0.380 e. The van der Waals surface area contributed by atoms with Crippen molar-refractivity contribution in [1.29, 1.82) is 0 Å². The highest BCUT2D eigenvalue weighted by Crippen LogP contribution is 2.21. The number of rotatable bonds is 11. The van der Waals surface area contributed by atoms with Crippen molar-refractivity contribution in [3.05, 3.63) is 45.0 Å². The third kappa shape index (κ3) is 6.07. The van der Waals surface area contributed by atoms with Crippen LogP contribution in [0.25, 0.3) is 0 Å². The topological polar surface area (TPSA) is 74.3 Å². The highest BCUT2D eigenvalue weighted by Gasteiger charge is 2.20. The SMILES string of the molecule is O=c1c(NCCCCCCSN2CCCCCC2)c(Nc2ccncc2)c1=O. The monoisotopic (exact) mass is 402 g/mol. The van der Waals surface area contributed by atoms with Crippen molar-refractivity contribution in [2.45, 2.75) is 51.4 Å². The summed E-state index contributed by atoms with van der Waals surface area (Å²) in [5, 5.41) is 6.15. The van der Waals surface area contributed by atoms with Crippen molar-refractivity contribution in [2.24, 2.45) is 0 Å². The van der Waals surface area contributed by atoms with Crippen LogP contribution in [0, 0.1) is 0 Å². The molecule has 3 rings (SSSR count). The Labute approximate surface area is 171 Å². The van der Waals surface area contributed by atoms with Gasteiger partial charge in [0.2, 0.25) is 0 Å². The Morgan fingerprint density at radius 3 is 2.32 bits per heavy atom. The highest BCUT2D eigenvalue weighted by atomic mass is 32.2. The van der Waals surface area contributed by atoms with Gasteiger partial charge in [-0.05, 0) is 37.8 Å². The van der Waals surface area contributed by atoms with Gasteiger partial charge in [-0.15, -0.1) is 0 Å². The van der Waals surface area contributed by atoms with Gasteiger partial charge in [-0.1, -0.05) is 37.6 Å². The average molecular weight is 403 g/mol. The van der Waals surface area contributed by atoms with Gasteiger partial charge in [0.1, 0.15) is 11.4 Å². The van der Waals surface area contributed by atoms with E-state index in [0.29, 0.717) is 11.4 Å². The summed E-state index contributed by atoms with van der Waals surface area (Å²) in [6.45, 7) is 3.20. The molecule has 0 spiro atoms. The van der Waals surface area contributed by atoms with Crippen LogP contribution < -0.4 is 21.5 Å². The summed E-state index contributed by atoms with van der Waals surface area (Å²) in [4.78, 5) is 27.6. The van der Waals surface area contributed by atoms with Crippen molar-refractivity contribution >= 4 is 29.0 Å². The lowest BCUT2D eigenvalue weighted by Crippen LogP contribution is -2.36. The van der Waals surface area contributed by atoms with Gasteiger partial charge >= 0.3 is 0 Å². The lowest BCUT2D eigenvalue weighted by atomic mass is 10.1. The largest absolute Gasteiger partial charge is 0.380 e. The van der Waals surface area contributed by atoms with E-state index in [9.17, 15) is 9.59 Å². The number of anilines is 3. The summed E-state index contributed by atoms with van der Waals surface area (Å²) >= 11 is 2.01. The molecule has 152 valence electrons. The quantitative estimate of drug-likeness (QED) is 0.335. The first-order valence-electron chi connectivity index (χ1n) is 10.4. The van der Waals surface area contributed by atoms with Crippen molar-refractivity contribution in [1.82, 2.24) is 9.29 Å². The first kappa shape index (κ1) is 20.9. The van der Waals surface area contributed by atoms with Crippen LogP contribution >= 0.6 is 11.9 Å². The standard InChI is InChI=1S/C21H30N4O2S/c26-20-18(19(21(20)27)24-17-9-12-22-13-10-17)23-11-5-1-4-8-16-28-25-14-6-2-3-7-15-25/h9-10,12-13,23H,1-8,11,14-16H2,(H,22,24). The predicted octanol–water partition coefficient (Wildman–Crippen LogP) is 3.92. The van der Waals surface area contributed by atoms with Crippen LogP contribution in [0.5, 0.6) is 0 Å². The second-order valence-electron chi connectivity index (χ2n) is 7.29. The number of hydrogen-bond donors (Lipinski definition) is 2. The number of nitrogens with zero attached hydrogens (tertiary/aromatic N) is 2. The van der Waals surface area contributed by atoms with Crippen LogP contribution in [0.4, 0.5) is 17.1 Å². The van der Waals surface area contributed by atoms with Gasteiger partial charge in [-0.3, -0.25) is 18.9 Å². The fourth-order valence-corrected chi connectivity index (χ4v) is 4.53. The number of nitrogens with one attached hydrogen (secondary N) is 2. The van der Waals surface area contributed by atoms with E-state index in [2.05, 4.69) is 19.9 Å². The van der Waals surface area contributed by atoms with Gasteiger partial charge in [0.15, 0.2) is 0 Å². The summed E-state index contributed by atoms with van der Waals surface area (Å²) in [5.74, 6) is 1.20. The fraction of sp³-hybridized carbons (Fsp3) is 0.571. The minimum atomic E-state index is -0.454. The molecule has 1 aliphatic heterocycles. The molecule has 1 aromatic heterocycles. The summed E-state index contributed by atoms with van der Waals surface area (Å²) in [6.07, 6.45) is 13.3. The molecule has 1 saturated heterocycles. The van der Waals surface area contributed by atoms with Crippen molar-refractivity contribution in [2.75, 3.05) is 36.0 Å². The van der Waals surface area contributed by atoms with Crippen LogP contribution in [0.1, 0.15) is 51.4 Å². The van der Waals surface area contributed by atoms with E-state index in [1.54, 1.807) is 24.5 Å². The maximum absolute atomic E-state index is 11.8. The van der Waals surface area contributed by atoms with Crippen LogP contribution in [-0.4, -0.2) is 34.7 Å². The Balaban J connectivity index is 1.29. The van der Waals surface area contributed by atoms with Gasteiger partial charge in [-0.25, -0.2) is 0 Å². The molecule has 2 heterocycles. The molecule has 0 radical (unpaired) electrons. The van der Waals surface area contributed by atoms with Crippen molar-refractivity contribution in [3.63, 3.8) is 0 Å². The number of hydrogen-bond acceptors (Lipinski definition) is 7. The van der Waals surface area contributed by atoms with Crippen LogP contribution in [-0.2, 0) is 0 Å². The van der Waals surface area contributed by atoms with Gasteiger partial charge < -0.3 is 10.6 Å². The Hall–Kier alpha value is -1.86. The molecule has 28 heavy (non-hydrogen) atoms. The van der Waals surface area contributed by atoms with Gasteiger partial charge in [0.25, 0.3) is 10.9 Å². The molecule has 0 atom stereocenters. The van der Waals surface area contributed by atoms with E-state index in [4.69, 9.17) is 0 Å². The average Bonchev–Trinajstić information content (AvgIpc) is 3.00. The Morgan fingerprint density at radius 2 is 1.57 bits per heavy atom. The lowest BCUT2D eigenvalue weighted by molar-refractivity contribution is 0.488. The lowest BCUT2D eigenvalue weighted by Gasteiger charge is -2.18. The molecule has 6 nitrogen and oxygen atoms in total. The van der Waals surface area contributed by atoms with Crippen LogP contribution in [0.15, 0.2) is 34.1 Å². The molecule has 2 aromatic rings. The fourth-order valence-electron chi connectivity index (χ4n) is 3.42. The maximum atomic E-state index is 11.8. The Kier molecular flexibility index (Phi) is 8.36. The Bertz CT molecular complexity index is 781. The third-order valence-corrected chi connectivity index (χ3v) is 6.27. The van der Waals surface area contributed by atoms with Crippen LogP contribution in [0.2, 0.25) is 0 Å². The third-order valence-electron chi connectivity index (χ3n) is 5.07. The number of aromatic nitrogens is 1. The predicted molar refractivity (Wildman–Crippen MR) is 118 cm³/mol. The zero-order valence-corrected chi connectivity index (χ0v) is 17.2. The van der Waals surface area contributed by atoms with Gasteiger partial charge in [0.05, 0.1) is 0 Å².